The zero-order valence-electron chi connectivity index (χ0n) is 14.8. The number of thiophene rings is 1. The van der Waals surface area contributed by atoms with Gasteiger partial charge in [-0.2, -0.15) is 10.1 Å². The zero-order valence-corrected chi connectivity index (χ0v) is 15.6. The van der Waals surface area contributed by atoms with Crippen LogP contribution in [0.5, 0.6) is 0 Å². The summed E-state index contributed by atoms with van der Waals surface area (Å²) >= 11 is 1.80. The monoisotopic (exact) mass is 361 g/mol. The number of aromatic nitrogens is 3. The van der Waals surface area contributed by atoms with E-state index in [-0.39, 0.29) is 5.91 Å². The minimum atomic E-state index is 0.0310. The molecule has 0 saturated carbocycles. The Morgan fingerprint density at radius 1 is 1.36 bits per heavy atom. The summed E-state index contributed by atoms with van der Waals surface area (Å²) in [6.07, 6.45) is 6.89. The minimum absolute atomic E-state index is 0.0310. The number of aryl methyl sites for hydroxylation is 2. The molecule has 0 spiro atoms. The summed E-state index contributed by atoms with van der Waals surface area (Å²) in [6.45, 7) is 2.02. The van der Waals surface area contributed by atoms with Crippen molar-refractivity contribution in [2.75, 3.05) is 18.4 Å². The largest absolute Gasteiger partial charge is 0.317 e. The van der Waals surface area contributed by atoms with Gasteiger partial charge in [0.1, 0.15) is 0 Å². The van der Waals surface area contributed by atoms with E-state index >= 15 is 0 Å². The molecule has 25 heavy (non-hydrogen) atoms. The lowest BCUT2D eigenvalue weighted by Gasteiger charge is -2.19. The van der Waals surface area contributed by atoms with Crippen LogP contribution in [0.3, 0.4) is 0 Å². The van der Waals surface area contributed by atoms with Gasteiger partial charge in [0.05, 0.1) is 0 Å². The number of hydrogen-bond donors (Lipinski definition) is 2. The Kier molecular flexibility index (Phi) is 6.58. The SMILES string of the molecule is Cn1nc(C2CCNCC2)nc1NC(=O)CCCCCc1cccs1. The normalized spacial score (nSPS) is 15.4. The second-order valence-electron chi connectivity index (χ2n) is 6.63. The van der Waals surface area contributed by atoms with Gasteiger partial charge in [-0.15, -0.1) is 11.3 Å². The molecule has 136 valence electrons. The molecule has 0 atom stereocenters. The fourth-order valence-corrected chi connectivity index (χ4v) is 3.92. The topological polar surface area (TPSA) is 71.8 Å². The first-order valence-electron chi connectivity index (χ1n) is 9.16. The highest BCUT2D eigenvalue weighted by Gasteiger charge is 2.21. The van der Waals surface area contributed by atoms with E-state index < -0.39 is 0 Å². The molecule has 0 bridgehead atoms. The van der Waals surface area contributed by atoms with Crippen molar-refractivity contribution in [2.45, 2.75) is 50.9 Å². The van der Waals surface area contributed by atoms with E-state index in [1.165, 1.54) is 4.88 Å². The van der Waals surface area contributed by atoms with Crippen LogP contribution in [0.2, 0.25) is 0 Å². The molecule has 0 aliphatic carbocycles. The lowest BCUT2D eigenvalue weighted by Crippen LogP contribution is -2.27. The first-order valence-corrected chi connectivity index (χ1v) is 10.0. The van der Waals surface area contributed by atoms with Crippen LogP contribution < -0.4 is 10.6 Å². The van der Waals surface area contributed by atoms with Gasteiger partial charge in [-0.05, 0) is 56.6 Å². The maximum atomic E-state index is 12.1. The summed E-state index contributed by atoms with van der Waals surface area (Å²) in [5, 5.41) is 12.9. The molecule has 3 heterocycles. The number of hydrogen-bond acceptors (Lipinski definition) is 5. The van der Waals surface area contributed by atoms with Gasteiger partial charge in [0, 0.05) is 24.3 Å². The van der Waals surface area contributed by atoms with Crippen LogP contribution >= 0.6 is 11.3 Å². The van der Waals surface area contributed by atoms with E-state index in [0.29, 0.717) is 18.3 Å². The van der Waals surface area contributed by atoms with Crippen LogP contribution in [0.1, 0.15) is 55.1 Å². The van der Waals surface area contributed by atoms with Crippen molar-refractivity contribution in [1.29, 1.82) is 0 Å². The molecule has 7 heteroatoms. The van der Waals surface area contributed by atoms with Crippen molar-refractivity contribution in [1.82, 2.24) is 20.1 Å². The van der Waals surface area contributed by atoms with Crippen LogP contribution in [-0.4, -0.2) is 33.8 Å². The number of amides is 1. The molecule has 0 aromatic carbocycles. The van der Waals surface area contributed by atoms with Crippen LogP contribution in [0.25, 0.3) is 0 Å². The number of unbranched alkanes of at least 4 members (excludes halogenated alkanes) is 2. The number of piperidine rings is 1. The molecule has 1 amide bonds. The fraction of sp³-hybridized carbons (Fsp3) is 0.611. The Bertz CT molecular complexity index is 661. The summed E-state index contributed by atoms with van der Waals surface area (Å²) in [5.74, 6) is 1.85. The molecular weight excluding hydrogens is 334 g/mol. The standard InChI is InChI=1S/C18H27N5OS/c1-23-18(21-17(22-23)14-9-11-19-12-10-14)20-16(24)8-4-2-3-6-15-7-5-13-25-15/h5,7,13-14,19H,2-4,6,8-12H2,1H3,(H,20,21,22,24). The summed E-state index contributed by atoms with van der Waals surface area (Å²) in [7, 11) is 1.84. The van der Waals surface area contributed by atoms with E-state index in [1.807, 2.05) is 7.05 Å². The quantitative estimate of drug-likeness (QED) is 0.709. The third kappa shape index (κ3) is 5.37. The van der Waals surface area contributed by atoms with E-state index in [1.54, 1.807) is 16.0 Å². The molecule has 2 aromatic rings. The number of anilines is 1. The molecular formula is C18H27N5OS. The van der Waals surface area contributed by atoms with Gasteiger partial charge in [-0.1, -0.05) is 12.5 Å². The van der Waals surface area contributed by atoms with Gasteiger partial charge in [-0.25, -0.2) is 4.68 Å². The van der Waals surface area contributed by atoms with Crippen molar-refractivity contribution in [3.63, 3.8) is 0 Å². The summed E-state index contributed by atoms with van der Waals surface area (Å²) in [4.78, 5) is 18.1. The van der Waals surface area contributed by atoms with Crippen molar-refractivity contribution in [3.05, 3.63) is 28.2 Å². The number of nitrogens with zero attached hydrogens (tertiary/aromatic N) is 3. The Hall–Kier alpha value is -1.73. The smallest absolute Gasteiger partial charge is 0.227 e. The average molecular weight is 362 g/mol. The Morgan fingerprint density at radius 3 is 2.96 bits per heavy atom. The fourth-order valence-electron chi connectivity index (χ4n) is 3.17. The summed E-state index contributed by atoms with van der Waals surface area (Å²) < 4.78 is 1.69. The molecule has 1 aliphatic heterocycles. The predicted molar refractivity (Wildman–Crippen MR) is 101 cm³/mol. The maximum Gasteiger partial charge on any atom is 0.227 e. The number of rotatable bonds is 8. The lowest BCUT2D eigenvalue weighted by molar-refractivity contribution is -0.116. The second kappa shape index (κ2) is 9.10. The third-order valence-corrected chi connectivity index (χ3v) is 5.58. The van der Waals surface area contributed by atoms with Gasteiger partial charge >= 0.3 is 0 Å². The van der Waals surface area contributed by atoms with Gasteiger partial charge in [0.2, 0.25) is 11.9 Å². The van der Waals surface area contributed by atoms with Crippen molar-refractivity contribution in [3.8, 4) is 0 Å². The van der Waals surface area contributed by atoms with Crippen molar-refractivity contribution >= 4 is 23.2 Å². The van der Waals surface area contributed by atoms with Crippen LogP contribution in [0, 0.1) is 0 Å². The number of nitrogens with one attached hydrogen (secondary N) is 2. The predicted octanol–water partition coefficient (Wildman–Crippen LogP) is 3.09. The van der Waals surface area contributed by atoms with E-state index in [0.717, 1.165) is 57.4 Å². The molecule has 0 unspecified atom stereocenters. The molecule has 2 N–H and O–H groups in total. The summed E-state index contributed by atoms with van der Waals surface area (Å²) in [6, 6.07) is 4.26. The van der Waals surface area contributed by atoms with E-state index in [4.69, 9.17) is 0 Å². The number of carbonyl (C=O) groups is 1. The highest BCUT2D eigenvalue weighted by Crippen LogP contribution is 2.23. The van der Waals surface area contributed by atoms with Gasteiger partial charge in [0.15, 0.2) is 5.82 Å². The molecule has 3 rings (SSSR count). The molecule has 1 saturated heterocycles. The Balaban J connectivity index is 1.39. The summed E-state index contributed by atoms with van der Waals surface area (Å²) in [5.41, 5.74) is 0. The maximum absolute atomic E-state index is 12.1. The molecule has 0 radical (unpaired) electrons. The second-order valence-corrected chi connectivity index (χ2v) is 7.66. The Labute approximate surface area is 153 Å². The van der Waals surface area contributed by atoms with Crippen LogP contribution in [0.4, 0.5) is 5.95 Å². The third-order valence-electron chi connectivity index (χ3n) is 4.64. The molecule has 1 fully saturated rings. The van der Waals surface area contributed by atoms with Crippen LogP contribution in [-0.2, 0) is 18.3 Å². The van der Waals surface area contributed by atoms with Gasteiger partial charge in [0.25, 0.3) is 0 Å². The molecule has 1 aliphatic rings. The van der Waals surface area contributed by atoms with Gasteiger partial charge in [-0.3, -0.25) is 10.1 Å². The molecule has 6 nitrogen and oxygen atoms in total. The highest BCUT2D eigenvalue weighted by atomic mass is 32.1. The van der Waals surface area contributed by atoms with Crippen molar-refractivity contribution < 1.29 is 4.79 Å². The first kappa shape index (κ1) is 18.1. The zero-order chi connectivity index (χ0) is 17.5. The molecule has 2 aromatic heterocycles. The van der Waals surface area contributed by atoms with E-state index in [2.05, 4.69) is 38.2 Å². The van der Waals surface area contributed by atoms with Gasteiger partial charge < -0.3 is 5.32 Å². The first-order chi connectivity index (χ1) is 12.2. The number of carbonyl (C=O) groups excluding carboxylic acids is 1. The minimum Gasteiger partial charge on any atom is -0.317 e. The lowest BCUT2D eigenvalue weighted by atomic mass is 9.98. The average Bonchev–Trinajstić information content (AvgIpc) is 3.26. The van der Waals surface area contributed by atoms with Crippen LogP contribution in [0.15, 0.2) is 17.5 Å². The highest BCUT2D eigenvalue weighted by molar-refractivity contribution is 7.09. The van der Waals surface area contributed by atoms with Crippen molar-refractivity contribution in [2.24, 2.45) is 7.05 Å². The Morgan fingerprint density at radius 2 is 2.20 bits per heavy atom. The van der Waals surface area contributed by atoms with E-state index in [9.17, 15) is 4.79 Å².